The smallest absolute Gasteiger partial charge is 0.341 e. The largest absolute Gasteiger partial charge is 0.482 e. The Morgan fingerprint density at radius 1 is 1.25 bits per heavy atom. The highest BCUT2D eigenvalue weighted by molar-refractivity contribution is 5.68. The van der Waals surface area contributed by atoms with Crippen LogP contribution in [0.1, 0.15) is 19.4 Å². The highest BCUT2D eigenvalue weighted by Gasteiger charge is 1.97. The quantitative estimate of drug-likeness (QED) is 0.799. The van der Waals surface area contributed by atoms with Crippen molar-refractivity contribution in [1.82, 2.24) is 0 Å². The average Bonchev–Trinajstić information content (AvgIpc) is 2.28. The van der Waals surface area contributed by atoms with Gasteiger partial charge in [0.2, 0.25) is 0 Å². The molecule has 0 radical (unpaired) electrons. The Morgan fingerprint density at radius 3 is 2.12 bits per heavy atom. The summed E-state index contributed by atoms with van der Waals surface area (Å²) in [5.74, 6) is -0.376. The predicted molar refractivity (Wildman–Crippen MR) is 64.8 cm³/mol. The van der Waals surface area contributed by atoms with Crippen LogP contribution in [0.5, 0.6) is 5.75 Å². The molecule has 0 fully saturated rings. The van der Waals surface area contributed by atoms with Gasteiger partial charge in [0.1, 0.15) is 5.75 Å². The Balaban J connectivity index is 0.000000487. The highest BCUT2D eigenvalue weighted by atomic mass is 16.5. The van der Waals surface area contributed by atoms with E-state index in [1.54, 1.807) is 12.1 Å². The molecule has 0 aliphatic heterocycles. The van der Waals surface area contributed by atoms with Crippen LogP contribution in [0.15, 0.2) is 36.4 Å². The standard InChI is InChI=1S/C9H10O3.C4H8/c1-7-2-4-8(5-3-7)12-6-9(10)11;1-3-4-2/h2-5H,6H2,1H3,(H,10,11);3-4H,1-2H3/b;4-3-. The SMILES string of the molecule is C/C=C\C.Cc1ccc(OCC(=O)O)cc1. The van der Waals surface area contributed by atoms with E-state index in [9.17, 15) is 4.79 Å². The summed E-state index contributed by atoms with van der Waals surface area (Å²) >= 11 is 0. The summed E-state index contributed by atoms with van der Waals surface area (Å²) in [7, 11) is 0. The average molecular weight is 222 g/mol. The zero-order valence-electron chi connectivity index (χ0n) is 9.93. The predicted octanol–water partition coefficient (Wildman–Crippen LogP) is 3.04. The molecule has 16 heavy (non-hydrogen) atoms. The molecule has 0 atom stereocenters. The molecule has 0 unspecified atom stereocenters. The number of hydrogen-bond donors (Lipinski definition) is 1. The Labute approximate surface area is 96.4 Å². The van der Waals surface area contributed by atoms with E-state index in [0.717, 1.165) is 5.56 Å². The number of rotatable bonds is 3. The molecule has 3 heteroatoms. The maximum atomic E-state index is 10.1. The Morgan fingerprint density at radius 2 is 1.75 bits per heavy atom. The summed E-state index contributed by atoms with van der Waals surface area (Å²) in [6, 6.07) is 7.24. The van der Waals surface area contributed by atoms with Crippen molar-refractivity contribution < 1.29 is 14.6 Å². The highest BCUT2D eigenvalue weighted by Crippen LogP contribution is 2.10. The lowest BCUT2D eigenvalue weighted by Crippen LogP contribution is -2.09. The molecule has 0 aliphatic carbocycles. The summed E-state index contributed by atoms with van der Waals surface area (Å²) < 4.78 is 4.92. The second-order valence-corrected chi connectivity index (χ2v) is 3.16. The van der Waals surface area contributed by atoms with Crippen LogP contribution in [0, 0.1) is 6.92 Å². The van der Waals surface area contributed by atoms with Gasteiger partial charge in [0, 0.05) is 0 Å². The number of hydrogen-bond acceptors (Lipinski definition) is 2. The van der Waals surface area contributed by atoms with Crippen molar-refractivity contribution in [2.45, 2.75) is 20.8 Å². The van der Waals surface area contributed by atoms with Crippen molar-refractivity contribution in [3.8, 4) is 5.75 Å². The minimum absolute atomic E-state index is 0.289. The van der Waals surface area contributed by atoms with Crippen molar-refractivity contribution in [2.75, 3.05) is 6.61 Å². The Hall–Kier alpha value is -1.77. The first kappa shape index (κ1) is 14.2. The molecule has 1 aromatic rings. The van der Waals surface area contributed by atoms with Crippen molar-refractivity contribution in [1.29, 1.82) is 0 Å². The van der Waals surface area contributed by atoms with Crippen LogP contribution in [-0.4, -0.2) is 17.7 Å². The molecule has 0 bridgehead atoms. The third-order valence-electron chi connectivity index (χ3n) is 1.72. The second-order valence-electron chi connectivity index (χ2n) is 3.16. The molecule has 0 heterocycles. The molecule has 0 aromatic heterocycles. The molecular formula is C13H18O3. The molecule has 1 N–H and O–H groups in total. The van der Waals surface area contributed by atoms with Gasteiger partial charge in [-0.1, -0.05) is 29.8 Å². The van der Waals surface area contributed by atoms with Crippen LogP contribution in [0.4, 0.5) is 0 Å². The summed E-state index contributed by atoms with van der Waals surface area (Å²) in [6.45, 7) is 5.67. The van der Waals surface area contributed by atoms with Crippen LogP contribution < -0.4 is 4.74 Å². The van der Waals surface area contributed by atoms with E-state index in [2.05, 4.69) is 0 Å². The van der Waals surface area contributed by atoms with E-state index < -0.39 is 5.97 Å². The van der Waals surface area contributed by atoms with Gasteiger partial charge in [-0.3, -0.25) is 0 Å². The summed E-state index contributed by atoms with van der Waals surface area (Å²) in [6.07, 6.45) is 4.00. The van der Waals surface area contributed by atoms with Crippen LogP contribution in [-0.2, 0) is 4.79 Å². The number of carboxylic acids is 1. The van der Waals surface area contributed by atoms with Gasteiger partial charge in [-0.15, -0.1) is 0 Å². The lowest BCUT2D eigenvalue weighted by molar-refractivity contribution is -0.139. The second kappa shape index (κ2) is 8.53. The molecule has 0 saturated carbocycles. The minimum Gasteiger partial charge on any atom is -0.482 e. The van der Waals surface area contributed by atoms with Gasteiger partial charge in [-0.2, -0.15) is 0 Å². The Kier molecular flexibility index (Phi) is 7.59. The van der Waals surface area contributed by atoms with E-state index in [-0.39, 0.29) is 6.61 Å². The number of aliphatic carboxylic acids is 1. The number of allylic oxidation sites excluding steroid dienone is 2. The van der Waals surface area contributed by atoms with Crippen molar-refractivity contribution in [3.63, 3.8) is 0 Å². The fraction of sp³-hybridized carbons (Fsp3) is 0.308. The van der Waals surface area contributed by atoms with Crippen LogP contribution in [0.2, 0.25) is 0 Å². The van der Waals surface area contributed by atoms with Crippen molar-refractivity contribution >= 4 is 5.97 Å². The number of benzene rings is 1. The Bertz CT molecular complexity index is 322. The van der Waals surface area contributed by atoms with E-state index >= 15 is 0 Å². The number of aryl methyl sites for hydroxylation is 1. The summed E-state index contributed by atoms with van der Waals surface area (Å²) in [4.78, 5) is 10.1. The van der Waals surface area contributed by atoms with Gasteiger partial charge >= 0.3 is 5.97 Å². The number of carboxylic acid groups (broad SMARTS) is 1. The summed E-state index contributed by atoms with van der Waals surface area (Å²) in [5.41, 5.74) is 1.12. The first-order valence-electron chi connectivity index (χ1n) is 5.08. The third-order valence-corrected chi connectivity index (χ3v) is 1.72. The summed E-state index contributed by atoms with van der Waals surface area (Å²) in [5, 5.41) is 8.30. The minimum atomic E-state index is -0.962. The number of carbonyl (C=O) groups is 1. The zero-order chi connectivity index (χ0) is 12.4. The van der Waals surface area contributed by atoms with Crippen molar-refractivity contribution in [2.24, 2.45) is 0 Å². The van der Waals surface area contributed by atoms with Crippen LogP contribution in [0.3, 0.4) is 0 Å². The first-order chi connectivity index (χ1) is 7.60. The molecule has 1 aromatic carbocycles. The lowest BCUT2D eigenvalue weighted by atomic mass is 10.2. The van der Waals surface area contributed by atoms with Gasteiger partial charge in [-0.05, 0) is 32.9 Å². The molecule has 1 rings (SSSR count). The van der Waals surface area contributed by atoms with Gasteiger partial charge in [-0.25, -0.2) is 4.79 Å². The monoisotopic (exact) mass is 222 g/mol. The fourth-order valence-electron chi connectivity index (χ4n) is 0.780. The van der Waals surface area contributed by atoms with E-state index in [1.165, 1.54) is 0 Å². The lowest BCUT2D eigenvalue weighted by Gasteiger charge is -2.01. The first-order valence-corrected chi connectivity index (χ1v) is 5.08. The van der Waals surface area contributed by atoms with E-state index in [0.29, 0.717) is 5.75 Å². The van der Waals surface area contributed by atoms with Gasteiger partial charge in [0.15, 0.2) is 6.61 Å². The maximum absolute atomic E-state index is 10.1. The molecule has 0 amide bonds. The van der Waals surface area contributed by atoms with Gasteiger partial charge < -0.3 is 9.84 Å². The van der Waals surface area contributed by atoms with Crippen molar-refractivity contribution in [3.05, 3.63) is 42.0 Å². The zero-order valence-corrected chi connectivity index (χ0v) is 9.93. The molecule has 3 nitrogen and oxygen atoms in total. The van der Waals surface area contributed by atoms with Crippen LogP contribution >= 0.6 is 0 Å². The fourth-order valence-corrected chi connectivity index (χ4v) is 0.780. The van der Waals surface area contributed by atoms with Gasteiger partial charge in [0.05, 0.1) is 0 Å². The molecule has 88 valence electrons. The molecular weight excluding hydrogens is 204 g/mol. The topological polar surface area (TPSA) is 46.5 Å². The molecule has 0 aliphatic rings. The number of ether oxygens (including phenoxy) is 1. The van der Waals surface area contributed by atoms with Gasteiger partial charge in [0.25, 0.3) is 0 Å². The van der Waals surface area contributed by atoms with E-state index in [4.69, 9.17) is 9.84 Å². The maximum Gasteiger partial charge on any atom is 0.341 e. The third kappa shape index (κ3) is 7.62. The normalized spacial score (nSPS) is 9.44. The molecule has 0 saturated heterocycles. The van der Waals surface area contributed by atoms with Crippen LogP contribution in [0.25, 0.3) is 0 Å². The molecule has 0 spiro atoms. The van der Waals surface area contributed by atoms with E-state index in [1.807, 2.05) is 45.1 Å².